The van der Waals surface area contributed by atoms with Gasteiger partial charge in [0.2, 0.25) is 0 Å². The summed E-state index contributed by atoms with van der Waals surface area (Å²) in [5, 5.41) is 20.2. The van der Waals surface area contributed by atoms with Crippen LogP contribution in [0.1, 0.15) is 51.9 Å². The van der Waals surface area contributed by atoms with Gasteiger partial charge in [-0.05, 0) is 19.3 Å². The quantitative estimate of drug-likeness (QED) is 0.748. The van der Waals surface area contributed by atoms with Crippen molar-refractivity contribution < 1.29 is 9.84 Å². The zero-order valence-electron chi connectivity index (χ0n) is 10.5. The molecule has 0 aromatic heterocycles. The molecule has 1 rings (SSSR count). The summed E-state index contributed by atoms with van der Waals surface area (Å²) in [6, 6.07) is 2.40. The summed E-state index contributed by atoms with van der Waals surface area (Å²) < 4.78 is 5.12. The molecule has 0 aliphatic heterocycles. The van der Waals surface area contributed by atoms with E-state index >= 15 is 0 Å². The number of rotatable bonds is 4. The highest BCUT2D eigenvalue weighted by Crippen LogP contribution is 2.45. The largest absolute Gasteiger partial charge is 0.386 e. The fourth-order valence-corrected chi connectivity index (χ4v) is 2.83. The number of hydrogen-bond acceptors (Lipinski definition) is 3. The van der Waals surface area contributed by atoms with Crippen LogP contribution in [0.25, 0.3) is 0 Å². The number of ether oxygens (including phenoxy) is 1. The summed E-state index contributed by atoms with van der Waals surface area (Å²) >= 11 is 0. The second-order valence-corrected chi connectivity index (χ2v) is 4.93. The van der Waals surface area contributed by atoms with Gasteiger partial charge in [-0.1, -0.05) is 32.6 Å². The molecule has 1 aliphatic rings. The molecule has 3 heteroatoms. The summed E-state index contributed by atoms with van der Waals surface area (Å²) in [4.78, 5) is 0. The monoisotopic (exact) mass is 225 g/mol. The van der Waals surface area contributed by atoms with E-state index in [4.69, 9.17) is 4.74 Å². The highest BCUT2D eigenvalue weighted by atomic mass is 16.5. The van der Waals surface area contributed by atoms with Gasteiger partial charge in [-0.25, -0.2) is 0 Å². The summed E-state index contributed by atoms with van der Waals surface area (Å²) in [6.07, 6.45) is 6.62. The lowest BCUT2D eigenvalue weighted by molar-refractivity contribution is -0.110. The van der Waals surface area contributed by atoms with Crippen molar-refractivity contribution in [3.8, 4) is 6.07 Å². The van der Waals surface area contributed by atoms with E-state index in [-0.39, 0.29) is 6.61 Å². The molecule has 0 aromatic carbocycles. The van der Waals surface area contributed by atoms with Crippen LogP contribution in [0.3, 0.4) is 0 Å². The van der Waals surface area contributed by atoms with Crippen molar-refractivity contribution in [2.75, 3.05) is 13.7 Å². The predicted octanol–water partition coefficient (Wildman–Crippen LogP) is 2.64. The van der Waals surface area contributed by atoms with Gasteiger partial charge in [-0.2, -0.15) is 5.26 Å². The first-order chi connectivity index (χ1) is 7.64. The molecule has 0 bridgehead atoms. The third-order valence-electron chi connectivity index (χ3n) is 4.03. The molecule has 0 radical (unpaired) electrons. The first kappa shape index (κ1) is 13.5. The average molecular weight is 225 g/mol. The minimum atomic E-state index is -0.985. The molecule has 1 aliphatic carbocycles. The Morgan fingerprint density at radius 3 is 2.25 bits per heavy atom. The Hall–Kier alpha value is -0.590. The first-order valence-corrected chi connectivity index (χ1v) is 6.27. The van der Waals surface area contributed by atoms with Crippen molar-refractivity contribution in [1.82, 2.24) is 0 Å². The Kier molecular flexibility index (Phi) is 4.76. The van der Waals surface area contributed by atoms with Crippen molar-refractivity contribution in [3.63, 3.8) is 0 Å². The molecular weight excluding hydrogens is 202 g/mol. The number of hydrogen-bond donors (Lipinski definition) is 1. The molecule has 0 aromatic rings. The van der Waals surface area contributed by atoms with E-state index in [1.807, 2.05) is 6.92 Å². The number of methoxy groups -OCH3 is 1. The topological polar surface area (TPSA) is 53.2 Å². The highest BCUT2D eigenvalue weighted by molar-refractivity contribution is 5.11. The number of nitrogens with zero attached hydrogens (tertiary/aromatic N) is 1. The lowest BCUT2D eigenvalue weighted by atomic mass is 9.67. The summed E-state index contributed by atoms with van der Waals surface area (Å²) in [5.41, 5.74) is -1.59. The second kappa shape index (κ2) is 5.65. The van der Waals surface area contributed by atoms with Crippen LogP contribution in [-0.2, 0) is 4.74 Å². The molecule has 1 atom stereocenters. The van der Waals surface area contributed by atoms with E-state index in [9.17, 15) is 10.4 Å². The van der Waals surface area contributed by atoms with Gasteiger partial charge in [-0.15, -0.1) is 0 Å². The van der Waals surface area contributed by atoms with Gasteiger partial charge >= 0.3 is 0 Å². The average Bonchev–Trinajstić information content (AvgIpc) is 2.55. The Morgan fingerprint density at radius 1 is 1.31 bits per heavy atom. The maximum absolute atomic E-state index is 10.7. The third kappa shape index (κ3) is 2.39. The molecule has 0 saturated heterocycles. The molecule has 0 amide bonds. The molecule has 92 valence electrons. The van der Waals surface area contributed by atoms with E-state index in [1.165, 1.54) is 12.8 Å². The molecular formula is C13H23NO2. The summed E-state index contributed by atoms with van der Waals surface area (Å²) in [7, 11) is 1.59. The van der Waals surface area contributed by atoms with Gasteiger partial charge < -0.3 is 9.84 Å². The Bertz CT molecular complexity index is 251. The van der Waals surface area contributed by atoms with Crippen LogP contribution in [0.5, 0.6) is 0 Å². The third-order valence-corrected chi connectivity index (χ3v) is 4.03. The van der Waals surface area contributed by atoms with Gasteiger partial charge in [0.15, 0.2) is 0 Å². The van der Waals surface area contributed by atoms with Crippen LogP contribution in [-0.4, -0.2) is 24.4 Å². The minimum absolute atomic E-state index is 0.261. The van der Waals surface area contributed by atoms with Crippen LogP contribution in [0.2, 0.25) is 0 Å². The zero-order valence-corrected chi connectivity index (χ0v) is 10.5. The van der Waals surface area contributed by atoms with E-state index in [0.29, 0.717) is 6.42 Å². The van der Waals surface area contributed by atoms with Crippen LogP contribution in [0, 0.1) is 16.7 Å². The van der Waals surface area contributed by atoms with Crippen molar-refractivity contribution >= 4 is 0 Å². The molecule has 0 heterocycles. The predicted molar refractivity (Wildman–Crippen MR) is 62.9 cm³/mol. The lowest BCUT2D eigenvalue weighted by Gasteiger charge is -2.41. The minimum Gasteiger partial charge on any atom is -0.386 e. The Balaban J connectivity index is 2.95. The van der Waals surface area contributed by atoms with Gasteiger partial charge in [0, 0.05) is 7.11 Å². The Labute approximate surface area is 98.4 Å². The van der Waals surface area contributed by atoms with Crippen molar-refractivity contribution in [2.45, 2.75) is 57.5 Å². The lowest BCUT2D eigenvalue weighted by Crippen LogP contribution is -2.50. The molecule has 0 spiro atoms. The van der Waals surface area contributed by atoms with Gasteiger partial charge in [0.05, 0.1) is 18.1 Å². The molecule has 1 saturated carbocycles. The molecule has 1 fully saturated rings. The fourth-order valence-electron chi connectivity index (χ4n) is 2.83. The van der Waals surface area contributed by atoms with Crippen LogP contribution in [0.4, 0.5) is 0 Å². The normalized spacial score (nSPS) is 24.1. The highest BCUT2D eigenvalue weighted by Gasteiger charge is 2.49. The molecule has 1 unspecified atom stereocenters. The zero-order chi connectivity index (χ0) is 12.1. The summed E-state index contributed by atoms with van der Waals surface area (Å²) in [6.45, 7) is 2.19. The van der Waals surface area contributed by atoms with Crippen molar-refractivity contribution in [3.05, 3.63) is 0 Å². The molecule has 16 heavy (non-hydrogen) atoms. The number of aliphatic hydroxyl groups is 1. The second-order valence-electron chi connectivity index (χ2n) is 4.93. The Morgan fingerprint density at radius 2 is 1.88 bits per heavy atom. The van der Waals surface area contributed by atoms with Gasteiger partial charge in [-0.3, -0.25) is 0 Å². The smallest absolute Gasteiger partial charge is 0.106 e. The number of nitriles is 1. The first-order valence-electron chi connectivity index (χ1n) is 6.27. The summed E-state index contributed by atoms with van der Waals surface area (Å²) in [5.74, 6) is 0. The SMILES string of the molecule is CCC(O)(COC)C1(C#N)CCCCCC1. The molecule has 3 nitrogen and oxygen atoms in total. The van der Waals surface area contributed by atoms with Gasteiger partial charge in [0.25, 0.3) is 0 Å². The van der Waals surface area contributed by atoms with E-state index in [2.05, 4.69) is 6.07 Å². The fraction of sp³-hybridized carbons (Fsp3) is 0.923. The van der Waals surface area contributed by atoms with E-state index < -0.39 is 11.0 Å². The van der Waals surface area contributed by atoms with Crippen LogP contribution in [0.15, 0.2) is 0 Å². The maximum Gasteiger partial charge on any atom is 0.106 e. The van der Waals surface area contributed by atoms with E-state index in [1.54, 1.807) is 7.11 Å². The van der Waals surface area contributed by atoms with E-state index in [0.717, 1.165) is 25.7 Å². The van der Waals surface area contributed by atoms with Crippen LogP contribution >= 0.6 is 0 Å². The maximum atomic E-state index is 10.7. The van der Waals surface area contributed by atoms with Crippen LogP contribution < -0.4 is 0 Å². The van der Waals surface area contributed by atoms with Crippen molar-refractivity contribution in [2.24, 2.45) is 5.41 Å². The molecule has 1 N–H and O–H groups in total. The standard InChI is InChI=1S/C13H23NO2/c1-3-13(15,11-16-2)12(10-14)8-6-4-5-7-9-12/h15H,3-9,11H2,1-2H3. The van der Waals surface area contributed by atoms with Gasteiger partial charge in [0.1, 0.15) is 5.60 Å². The van der Waals surface area contributed by atoms with Crippen molar-refractivity contribution in [1.29, 1.82) is 5.26 Å².